The maximum Gasteiger partial charge on any atom is 0.253 e. The van der Waals surface area contributed by atoms with E-state index in [1.807, 2.05) is 11.0 Å². The van der Waals surface area contributed by atoms with Crippen molar-refractivity contribution in [1.29, 1.82) is 5.26 Å². The maximum absolute atomic E-state index is 12.3. The smallest absolute Gasteiger partial charge is 0.253 e. The molecule has 1 aliphatic heterocycles. The Labute approximate surface area is 125 Å². The number of rotatable bonds is 1. The van der Waals surface area contributed by atoms with Crippen LogP contribution in [0.15, 0.2) is 18.2 Å². The first-order valence-corrected chi connectivity index (χ1v) is 7.21. The highest BCUT2D eigenvalue weighted by atomic mass is 127. The zero-order chi connectivity index (χ0) is 13.1. The average molecular weight is 375 g/mol. The van der Waals surface area contributed by atoms with Gasteiger partial charge in [-0.1, -0.05) is 11.6 Å². The Bertz CT molecular complexity index is 504. The lowest BCUT2D eigenvalue weighted by Crippen LogP contribution is -2.38. The Morgan fingerprint density at radius 3 is 2.67 bits per heavy atom. The van der Waals surface area contributed by atoms with E-state index >= 15 is 0 Å². The van der Waals surface area contributed by atoms with Crippen molar-refractivity contribution in [3.05, 3.63) is 32.4 Å². The zero-order valence-electron chi connectivity index (χ0n) is 9.70. The minimum absolute atomic E-state index is 0.0287. The Kier molecular flexibility index (Phi) is 4.46. The highest BCUT2D eigenvalue weighted by Crippen LogP contribution is 2.22. The summed E-state index contributed by atoms with van der Waals surface area (Å²) in [6.45, 7) is 1.33. The van der Waals surface area contributed by atoms with E-state index in [1.54, 1.807) is 12.1 Å². The number of nitrogens with zero attached hydrogens (tertiary/aromatic N) is 2. The summed E-state index contributed by atoms with van der Waals surface area (Å²) in [4.78, 5) is 14.1. The predicted octanol–water partition coefficient (Wildman–Crippen LogP) is 3.32. The van der Waals surface area contributed by atoms with Crippen molar-refractivity contribution in [3.63, 3.8) is 0 Å². The van der Waals surface area contributed by atoms with Crippen LogP contribution in [0.5, 0.6) is 0 Å². The number of halogens is 2. The van der Waals surface area contributed by atoms with Gasteiger partial charge in [-0.3, -0.25) is 4.79 Å². The van der Waals surface area contributed by atoms with Crippen LogP contribution in [-0.2, 0) is 0 Å². The van der Waals surface area contributed by atoms with Gasteiger partial charge in [-0.2, -0.15) is 5.26 Å². The molecule has 0 saturated carbocycles. The molecule has 1 saturated heterocycles. The summed E-state index contributed by atoms with van der Waals surface area (Å²) in [5.74, 6) is 0.125. The van der Waals surface area contributed by atoms with E-state index < -0.39 is 0 Å². The van der Waals surface area contributed by atoms with Crippen molar-refractivity contribution in [3.8, 4) is 6.07 Å². The molecule has 0 aromatic heterocycles. The third-order valence-corrected chi connectivity index (χ3v) is 4.67. The fraction of sp³-hybridized carbons (Fsp3) is 0.385. The molecule has 0 atom stereocenters. The molecule has 0 N–H and O–H groups in total. The first-order chi connectivity index (χ1) is 8.61. The van der Waals surface area contributed by atoms with E-state index in [1.165, 1.54) is 0 Å². The summed E-state index contributed by atoms with van der Waals surface area (Å²) < 4.78 is 0.882. The van der Waals surface area contributed by atoms with E-state index in [2.05, 4.69) is 28.7 Å². The van der Waals surface area contributed by atoms with Crippen LogP contribution < -0.4 is 0 Å². The van der Waals surface area contributed by atoms with E-state index in [9.17, 15) is 4.79 Å². The fourth-order valence-electron chi connectivity index (χ4n) is 2.02. The van der Waals surface area contributed by atoms with Crippen molar-refractivity contribution in [2.24, 2.45) is 5.92 Å². The highest BCUT2D eigenvalue weighted by Gasteiger charge is 2.23. The molecule has 0 unspecified atom stereocenters. The number of hydrogen-bond acceptors (Lipinski definition) is 2. The molecule has 0 spiro atoms. The molecule has 0 aliphatic carbocycles. The molecule has 1 heterocycles. The molecule has 0 bridgehead atoms. The molecule has 18 heavy (non-hydrogen) atoms. The monoisotopic (exact) mass is 374 g/mol. The zero-order valence-corrected chi connectivity index (χ0v) is 12.6. The largest absolute Gasteiger partial charge is 0.339 e. The number of piperidine rings is 1. The van der Waals surface area contributed by atoms with Crippen LogP contribution in [0.3, 0.4) is 0 Å². The van der Waals surface area contributed by atoms with Crippen molar-refractivity contribution >= 4 is 40.1 Å². The molecule has 1 aromatic carbocycles. The van der Waals surface area contributed by atoms with Crippen LogP contribution in [0, 0.1) is 20.8 Å². The van der Waals surface area contributed by atoms with Gasteiger partial charge in [0.15, 0.2) is 0 Å². The van der Waals surface area contributed by atoms with Gasteiger partial charge in [-0.05, 0) is 53.6 Å². The Morgan fingerprint density at radius 1 is 1.44 bits per heavy atom. The number of carbonyl (C=O) groups excluding carboxylic acids is 1. The van der Waals surface area contributed by atoms with Crippen LogP contribution >= 0.6 is 34.2 Å². The molecule has 1 aliphatic rings. The Morgan fingerprint density at radius 2 is 2.11 bits per heavy atom. The lowest BCUT2D eigenvalue weighted by Gasteiger charge is -2.29. The summed E-state index contributed by atoms with van der Waals surface area (Å²) in [7, 11) is 0. The topological polar surface area (TPSA) is 44.1 Å². The van der Waals surface area contributed by atoms with Gasteiger partial charge in [0.05, 0.1) is 11.1 Å². The number of likely N-dealkylation sites (tertiary alicyclic amines) is 1. The summed E-state index contributed by atoms with van der Waals surface area (Å²) in [5.41, 5.74) is 0.666. The number of amides is 1. The molecule has 1 fully saturated rings. The van der Waals surface area contributed by atoms with Crippen LogP contribution in [-0.4, -0.2) is 23.9 Å². The van der Waals surface area contributed by atoms with E-state index in [4.69, 9.17) is 16.9 Å². The third-order valence-electron chi connectivity index (χ3n) is 3.13. The molecule has 2 rings (SSSR count). The van der Waals surface area contributed by atoms with Gasteiger partial charge in [0.2, 0.25) is 0 Å². The van der Waals surface area contributed by atoms with Gasteiger partial charge < -0.3 is 4.90 Å². The fourth-order valence-corrected chi connectivity index (χ4v) is 2.66. The second-order valence-electron chi connectivity index (χ2n) is 4.32. The van der Waals surface area contributed by atoms with Gasteiger partial charge in [0, 0.05) is 28.1 Å². The SMILES string of the molecule is N#CC1CCN(C(=O)c2ccc(Cl)c(I)c2)CC1. The maximum atomic E-state index is 12.3. The van der Waals surface area contributed by atoms with E-state index in [-0.39, 0.29) is 11.8 Å². The van der Waals surface area contributed by atoms with Crippen molar-refractivity contribution in [1.82, 2.24) is 4.90 Å². The summed E-state index contributed by atoms with van der Waals surface area (Å²) in [5, 5.41) is 9.49. The quantitative estimate of drug-likeness (QED) is 0.708. The van der Waals surface area contributed by atoms with Gasteiger partial charge in [0.25, 0.3) is 5.91 Å². The van der Waals surface area contributed by atoms with Crippen LogP contribution in [0.1, 0.15) is 23.2 Å². The Balaban J connectivity index is 2.08. The lowest BCUT2D eigenvalue weighted by atomic mass is 9.98. The van der Waals surface area contributed by atoms with Crippen LogP contribution in [0.2, 0.25) is 5.02 Å². The van der Waals surface area contributed by atoms with Gasteiger partial charge >= 0.3 is 0 Å². The van der Waals surface area contributed by atoms with E-state index in [0.29, 0.717) is 23.7 Å². The predicted molar refractivity (Wildman–Crippen MR) is 78.4 cm³/mol. The van der Waals surface area contributed by atoms with Crippen molar-refractivity contribution in [2.45, 2.75) is 12.8 Å². The normalized spacial score (nSPS) is 16.4. The van der Waals surface area contributed by atoms with Gasteiger partial charge in [0.1, 0.15) is 0 Å². The molecule has 5 heteroatoms. The molecular weight excluding hydrogens is 363 g/mol. The molecule has 3 nitrogen and oxygen atoms in total. The third kappa shape index (κ3) is 2.96. The summed E-state index contributed by atoms with van der Waals surface area (Å²) in [6.07, 6.45) is 1.54. The Hall–Kier alpha value is -0.800. The van der Waals surface area contributed by atoms with Crippen molar-refractivity contribution < 1.29 is 4.79 Å². The minimum atomic E-state index is 0.0287. The average Bonchev–Trinajstić information content (AvgIpc) is 2.41. The minimum Gasteiger partial charge on any atom is -0.339 e. The first-order valence-electron chi connectivity index (χ1n) is 5.75. The molecule has 1 amide bonds. The second kappa shape index (κ2) is 5.89. The highest BCUT2D eigenvalue weighted by molar-refractivity contribution is 14.1. The summed E-state index contributed by atoms with van der Waals surface area (Å²) in [6, 6.07) is 7.57. The van der Waals surface area contributed by atoms with Crippen molar-refractivity contribution in [2.75, 3.05) is 13.1 Å². The molecule has 94 valence electrons. The lowest BCUT2D eigenvalue weighted by molar-refractivity contribution is 0.0707. The summed E-state index contributed by atoms with van der Waals surface area (Å²) >= 11 is 8.06. The number of nitriles is 1. The van der Waals surface area contributed by atoms with Crippen LogP contribution in [0.4, 0.5) is 0 Å². The standard InChI is InChI=1S/C13H12ClIN2O/c14-11-2-1-10(7-12(11)15)13(18)17-5-3-9(8-16)4-6-17/h1-2,7,9H,3-6H2. The number of benzene rings is 1. The molecule has 0 radical (unpaired) electrons. The molecule has 1 aromatic rings. The van der Waals surface area contributed by atoms with Crippen LogP contribution in [0.25, 0.3) is 0 Å². The van der Waals surface area contributed by atoms with E-state index in [0.717, 1.165) is 16.4 Å². The molecular formula is C13H12ClIN2O. The first kappa shape index (κ1) is 13.6. The van der Waals surface area contributed by atoms with Gasteiger partial charge in [-0.15, -0.1) is 0 Å². The van der Waals surface area contributed by atoms with Gasteiger partial charge in [-0.25, -0.2) is 0 Å². The second-order valence-corrected chi connectivity index (χ2v) is 5.89. The number of hydrogen-bond donors (Lipinski definition) is 0. The number of carbonyl (C=O) groups is 1.